The second-order valence-corrected chi connectivity index (χ2v) is 6.19. The first kappa shape index (κ1) is 17.9. The van der Waals surface area contributed by atoms with Crippen molar-refractivity contribution in [3.8, 4) is 23.0 Å². The number of rotatable bonds is 6. The van der Waals surface area contributed by atoms with Crippen LogP contribution in [0.25, 0.3) is 0 Å². The number of amides is 1. The summed E-state index contributed by atoms with van der Waals surface area (Å²) >= 11 is 0. The normalized spacial score (nSPS) is 12.6. The molecule has 0 aromatic heterocycles. The van der Waals surface area contributed by atoms with Gasteiger partial charge in [-0.15, -0.1) is 0 Å². The van der Waals surface area contributed by atoms with Gasteiger partial charge in [0.15, 0.2) is 23.0 Å². The fourth-order valence-electron chi connectivity index (χ4n) is 2.64. The van der Waals surface area contributed by atoms with Crippen LogP contribution in [0.3, 0.4) is 0 Å². The standard InChI is InChI=1S/C20H23NO5/c1-13(2)26-17-6-4-14(10-18(17)23-3)12-21-20(22)15-5-7-16-19(11-15)25-9-8-24-16/h4-7,10-11,13H,8-9,12H2,1-3H3,(H,21,22). The van der Waals surface area contributed by atoms with E-state index in [1.807, 2.05) is 32.0 Å². The molecule has 1 N–H and O–H groups in total. The number of benzene rings is 2. The maximum absolute atomic E-state index is 12.4. The average Bonchev–Trinajstić information content (AvgIpc) is 2.66. The molecule has 0 bridgehead atoms. The zero-order valence-electron chi connectivity index (χ0n) is 15.2. The van der Waals surface area contributed by atoms with Crippen molar-refractivity contribution in [2.75, 3.05) is 20.3 Å². The summed E-state index contributed by atoms with van der Waals surface area (Å²) in [5.74, 6) is 2.41. The fraction of sp³-hybridized carbons (Fsp3) is 0.350. The van der Waals surface area contributed by atoms with E-state index in [9.17, 15) is 4.79 Å². The smallest absolute Gasteiger partial charge is 0.251 e. The van der Waals surface area contributed by atoms with Crippen LogP contribution < -0.4 is 24.3 Å². The lowest BCUT2D eigenvalue weighted by Crippen LogP contribution is -2.23. The molecule has 3 rings (SSSR count). The Kier molecular flexibility index (Phi) is 5.51. The molecule has 6 nitrogen and oxygen atoms in total. The summed E-state index contributed by atoms with van der Waals surface area (Å²) in [4.78, 5) is 12.4. The fourth-order valence-corrected chi connectivity index (χ4v) is 2.64. The molecule has 1 aliphatic rings. The molecule has 2 aromatic rings. The van der Waals surface area contributed by atoms with Gasteiger partial charge in [-0.2, -0.15) is 0 Å². The third kappa shape index (κ3) is 4.20. The molecule has 1 amide bonds. The Morgan fingerprint density at radius 3 is 2.58 bits per heavy atom. The first-order chi connectivity index (χ1) is 12.6. The average molecular weight is 357 g/mol. The van der Waals surface area contributed by atoms with E-state index in [0.29, 0.717) is 48.3 Å². The van der Waals surface area contributed by atoms with E-state index < -0.39 is 0 Å². The summed E-state index contributed by atoms with van der Waals surface area (Å²) in [6.07, 6.45) is 0.0599. The van der Waals surface area contributed by atoms with E-state index in [-0.39, 0.29) is 12.0 Å². The highest BCUT2D eigenvalue weighted by Gasteiger charge is 2.15. The van der Waals surface area contributed by atoms with Gasteiger partial charge in [0.05, 0.1) is 13.2 Å². The second kappa shape index (κ2) is 7.99. The highest BCUT2D eigenvalue weighted by molar-refractivity contribution is 5.94. The van der Waals surface area contributed by atoms with Crippen LogP contribution in [-0.2, 0) is 6.54 Å². The number of carbonyl (C=O) groups is 1. The molecule has 26 heavy (non-hydrogen) atoms. The number of carbonyl (C=O) groups excluding carboxylic acids is 1. The molecule has 1 heterocycles. The van der Waals surface area contributed by atoms with E-state index in [4.69, 9.17) is 18.9 Å². The van der Waals surface area contributed by atoms with E-state index in [1.165, 1.54) is 0 Å². The molecule has 138 valence electrons. The van der Waals surface area contributed by atoms with Crippen molar-refractivity contribution >= 4 is 5.91 Å². The van der Waals surface area contributed by atoms with E-state index in [0.717, 1.165) is 5.56 Å². The van der Waals surface area contributed by atoms with Crippen molar-refractivity contribution in [3.63, 3.8) is 0 Å². The lowest BCUT2D eigenvalue weighted by molar-refractivity contribution is 0.0949. The van der Waals surface area contributed by atoms with Gasteiger partial charge >= 0.3 is 0 Å². The molecule has 1 aliphatic heterocycles. The Morgan fingerprint density at radius 2 is 1.85 bits per heavy atom. The molecule has 2 aromatic carbocycles. The van der Waals surface area contributed by atoms with Gasteiger partial charge in [0.1, 0.15) is 13.2 Å². The van der Waals surface area contributed by atoms with Gasteiger partial charge in [-0.3, -0.25) is 4.79 Å². The quantitative estimate of drug-likeness (QED) is 0.860. The molecule has 0 saturated carbocycles. The van der Waals surface area contributed by atoms with Crippen molar-refractivity contribution in [2.45, 2.75) is 26.5 Å². The van der Waals surface area contributed by atoms with Crippen molar-refractivity contribution in [2.24, 2.45) is 0 Å². The van der Waals surface area contributed by atoms with Gasteiger partial charge < -0.3 is 24.3 Å². The Morgan fingerprint density at radius 1 is 1.08 bits per heavy atom. The van der Waals surface area contributed by atoms with Crippen molar-refractivity contribution in [3.05, 3.63) is 47.5 Å². The van der Waals surface area contributed by atoms with Crippen molar-refractivity contribution < 1.29 is 23.7 Å². The molecule has 0 aliphatic carbocycles. The number of hydrogen-bond acceptors (Lipinski definition) is 5. The van der Waals surface area contributed by atoms with Gasteiger partial charge in [-0.1, -0.05) is 6.07 Å². The minimum Gasteiger partial charge on any atom is -0.493 e. The molecule has 0 atom stereocenters. The summed E-state index contributed by atoms with van der Waals surface area (Å²) in [5, 5.41) is 2.90. The molecule has 6 heteroatoms. The van der Waals surface area contributed by atoms with Gasteiger partial charge in [0, 0.05) is 12.1 Å². The first-order valence-electron chi connectivity index (χ1n) is 8.58. The minimum atomic E-state index is -0.177. The van der Waals surface area contributed by atoms with Crippen molar-refractivity contribution in [1.82, 2.24) is 5.32 Å². The molecular weight excluding hydrogens is 334 g/mol. The minimum absolute atomic E-state index is 0.0599. The predicted molar refractivity (Wildman–Crippen MR) is 97.4 cm³/mol. The van der Waals surface area contributed by atoms with Gasteiger partial charge in [0.25, 0.3) is 5.91 Å². The lowest BCUT2D eigenvalue weighted by atomic mass is 10.1. The lowest BCUT2D eigenvalue weighted by Gasteiger charge is -2.18. The van der Waals surface area contributed by atoms with E-state index >= 15 is 0 Å². The summed E-state index contributed by atoms with van der Waals surface area (Å²) in [6.45, 7) is 5.31. The molecule has 0 unspecified atom stereocenters. The maximum atomic E-state index is 12.4. The Balaban J connectivity index is 1.66. The van der Waals surface area contributed by atoms with Crippen LogP contribution >= 0.6 is 0 Å². The van der Waals surface area contributed by atoms with Gasteiger partial charge in [-0.05, 0) is 49.7 Å². The third-order valence-corrected chi connectivity index (χ3v) is 3.85. The highest BCUT2D eigenvalue weighted by atomic mass is 16.6. The van der Waals surface area contributed by atoms with Crippen LogP contribution in [0.15, 0.2) is 36.4 Å². The van der Waals surface area contributed by atoms with Crippen LogP contribution in [0.2, 0.25) is 0 Å². The summed E-state index contributed by atoms with van der Waals surface area (Å²) < 4.78 is 22.1. The zero-order valence-corrected chi connectivity index (χ0v) is 15.2. The molecule has 0 fully saturated rings. The van der Waals surface area contributed by atoms with Crippen LogP contribution in [0.5, 0.6) is 23.0 Å². The monoisotopic (exact) mass is 357 g/mol. The van der Waals surface area contributed by atoms with Crippen LogP contribution in [0, 0.1) is 0 Å². The summed E-state index contributed by atoms with van der Waals surface area (Å²) in [7, 11) is 1.60. The van der Waals surface area contributed by atoms with E-state index in [1.54, 1.807) is 25.3 Å². The molecular formula is C20H23NO5. The van der Waals surface area contributed by atoms with Crippen LogP contribution in [0.1, 0.15) is 29.8 Å². The maximum Gasteiger partial charge on any atom is 0.251 e. The van der Waals surface area contributed by atoms with E-state index in [2.05, 4.69) is 5.32 Å². The number of ether oxygens (including phenoxy) is 4. The van der Waals surface area contributed by atoms with Gasteiger partial charge in [-0.25, -0.2) is 0 Å². The first-order valence-corrected chi connectivity index (χ1v) is 8.58. The SMILES string of the molecule is COc1cc(CNC(=O)c2ccc3c(c2)OCCO3)ccc1OC(C)C. The third-order valence-electron chi connectivity index (χ3n) is 3.85. The second-order valence-electron chi connectivity index (χ2n) is 6.19. The molecule has 0 spiro atoms. The van der Waals surface area contributed by atoms with Crippen LogP contribution in [-0.4, -0.2) is 32.3 Å². The number of nitrogens with one attached hydrogen (secondary N) is 1. The Hall–Kier alpha value is -2.89. The predicted octanol–water partition coefficient (Wildman–Crippen LogP) is 3.18. The number of hydrogen-bond donors (Lipinski definition) is 1. The number of fused-ring (bicyclic) bond motifs is 1. The zero-order chi connectivity index (χ0) is 18.5. The Labute approximate surface area is 153 Å². The highest BCUT2D eigenvalue weighted by Crippen LogP contribution is 2.31. The molecule has 0 radical (unpaired) electrons. The summed E-state index contributed by atoms with van der Waals surface area (Å²) in [5.41, 5.74) is 1.45. The topological polar surface area (TPSA) is 66.0 Å². The number of methoxy groups -OCH3 is 1. The molecule has 0 saturated heterocycles. The largest absolute Gasteiger partial charge is 0.493 e. The van der Waals surface area contributed by atoms with Gasteiger partial charge in [0.2, 0.25) is 0 Å². The van der Waals surface area contributed by atoms with Crippen molar-refractivity contribution in [1.29, 1.82) is 0 Å². The summed E-state index contributed by atoms with van der Waals surface area (Å²) in [6, 6.07) is 10.8. The van der Waals surface area contributed by atoms with Crippen LogP contribution in [0.4, 0.5) is 0 Å². The Bertz CT molecular complexity index is 788.